The molecular weight excluding hydrogens is 416 g/mol. The lowest BCUT2D eigenvalue weighted by atomic mass is 9.82. The van der Waals surface area contributed by atoms with Crippen LogP contribution in [0.4, 0.5) is 9.93 Å². The first-order valence-electron chi connectivity index (χ1n) is 9.84. The fourth-order valence-corrected chi connectivity index (χ4v) is 5.40. The van der Waals surface area contributed by atoms with Gasteiger partial charge in [-0.15, -0.1) is 10.2 Å². The summed E-state index contributed by atoms with van der Waals surface area (Å²) in [4.78, 5) is 37.1. The maximum atomic E-state index is 12.7. The minimum atomic E-state index is -0.849. The monoisotopic (exact) mass is 440 g/mol. The molecule has 1 saturated carbocycles. The molecule has 4 amide bonds. The number of thioether (sulfide) groups is 1. The van der Waals surface area contributed by atoms with Crippen LogP contribution < -0.4 is 16.1 Å². The number of urea groups is 1. The second-order valence-electron chi connectivity index (χ2n) is 7.43. The first kappa shape index (κ1) is 20.4. The van der Waals surface area contributed by atoms with Crippen molar-refractivity contribution in [2.45, 2.75) is 60.9 Å². The van der Waals surface area contributed by atoms with Crippen molar-refractivity contribution < 1.29 is 19.1 Å². The normalized spacial score (nSPS) is 23.4. The Kier molecular flexibility index (Phi) is 6.20. The first-order valence-corrected chi connectivity index (χ1v) is 11.6. The number of anilines is 1. The second kappa shape index (κ2) is 8.84. The summed E-state index contributed by atoms with van der Waals surface area (Å²) in [5.74, 6) is -0.766. The summed E-state index contributed by atoms with van der Waals surface area (Å²) in [5.41, 5.74) is 1.58. The second-order valence-corrected chi connectivity index (χ2v) is 9.63. The number of ether oxygens (including phenoxy) is 1. The Morgan fingerprint density at radius 1 is 1.28 bits per heavy atom. The number of rotatable bonds is 7. The van der Waals surface area contributed by atoms with Gasteiger partial charge < -0.3 is 15.4 Å². The highest BCUT2D eigenvalue weighted by molar-refractivity contribution is 8.01. The van der Waals surface area contributed by atoms with Crippen LogP contribution in [-0.4, -0.2) is 63.6 Å². The number of nitrogens with zero attached hydrogens (tertiary/aromatic N) is 3. The van der Waals surface area contributed by atoms with Crippen LogP contribution in [0.15, 0.2) is 4.34 Å². The molecule has 1 aromatic rings. The smallest absolute Gasteiger partial charge is 0.344 e. The average molecular weight is 441 g/mol. The lowest BCUT2D eigenvalue weighted by Crippen LogP contribution is -2.51. The van der Waals surface area contributed by atoms with E-state index in [4.69, 9.17) is 4.74 Å². The van der Waals surface area contributed by atoms with Gasteiger partial charge in [0.1, 0.15) is 5.54 Å². The van der Waals surface area contributed by atoms with Gasteiger partial charge in [-0.1, -0.05) is 42.4 Å². The van der Waals surface area contributed by atoms with Gasteiger partial charge >= 0.3 is 6.03 Å². The molecule has 4 rings (SSSR count). The number of carbonyl (C=O) groups excluding carboxylic acids is 3. The van der Waals surface area contributed by atoms with E-state index >= 15 is 0 Å². The largest absolute Gasteiger partial charge is 0.376 e. The van der Waals surface area contributed by atoms with Gasteiger partial charge in [0.25, 0.3) is 5.91 Å². The van der Waals surface area contributed by atoms with E-state index < -0.39 is 17.5 Å². The average Bonchev–Trinajstić information content (AvgIpc) is 3.44. The van der Waals surface area contributed by atoms with E-state index in [0.29, 0.717) is 28.9 Å². The molecule has 2 aliphatic heterocycles. The van der Waals surface area contributed by atoms with Gasteiger partial charge in [-0.3, -0.25) is 15.0 Å². The van der Waals surface area contributed by atoms with Crippen molar-refractivity contribution in [1.29, 1.82) is 0 Å². The quantitative estimate of drug-likeness (QED) is 0.430. The molecule has 3 N–H and O–H groups in total. The van der Waals surface area contributed by atoms with Crippen molar-refractivity contribution in [3.63, 3.8) is 0 Å². The zero-order valence-electron chi connectivity index (χ0n) is 15.9. The number of aromatic nitrogens is 2. The summed E-state index contributed by atoms with van der Waals surface area (Å²) < 4.78 is 6.19. The van der Waals surface area contributed by atoms with Crippen LogP contribution in [-0.2, 0) is 14.3 Å². The van der Waals surface area contributed by atoms with Crippen molar-refractivity contribution in [3.05, 3.63) is 0 Å². The molecule has 3 fully saturated rings. The Morgan fingerprint density at radius 2 is 2.10 bits per heavy atom. The summed E-state index contributed by atoms with van der Waals surface area (Å²) in [6.45, 7) is 1.49. The van der Waals surface area contributed by atoms with Crippen LogP contribution in [0.25, 0.3) is 0 Å². The molecule has 1 spiro atoms. The Balaban J connectivity index is 1.24. The fraction of sp³-hybridized carbons (Fsp3) is 0.706. The highest BCUT2D eigenvalue weighted by Crippen LogP contribution is 2.33. The predicted molar refractivity (Wildman–Crippen MR) is 107 cm³/mol. The Labute approximate surface area is 176 Å². The van der Waals surface area contributed by atoms with E-state index in [2.05, 4.69) is 26.3 Å². The summed E-state index contributed by atoms with van der Waals surface area (Å²) in [6, 6.07) is -0.563. The molecule has 0 bridgehead atoms. The molecule has 0 radical (unpaired) electrons. The number of carbonyl (C=O) groups is 3. The van der Waals surface area contributed by atoms with Crippen molar-refractivity contribution in [2.75, 3.05) is 24.2 Å². The highest BCUT2D eigenvalue weighted by atomic mass is 32.2. The predicted octanol–water partition coefficient (Wildman–Crippen LogP) is 1.51. The van der Waals surface area contributed by atoms with Gasteiger partial charge in [0.05, 0.1) is 11.9 Å². The van der Waals surface area contributed by atoms with Crippen LogP contribution in [0.3, 0.4) is 0 Å². The lowest BCUT2D eigenvalue weighted by molar-refractivity contribution is -0.139. The van der Waals surface area contributed by atoms with Crippen LogP contribution in [0.1, 0.15) is 44.9 Å². The third-order valence-corrected chi connectivity index (χ3v) is 7.36. The molecule has 3 heterocycles. The van der Waals surface area contributed by atoms with Gasteiger partial charge in [0.15, 0.2) is 4.34 Å². The number of amides is 4. The van der Waals surface area contributed by atoms with Crippen molar-refractivity contribution in [3.8, 4) is 0 Å². The molecular formula is C17H24N6O4S2. The molecule has 2 saturated heterocycles. The third kappa shape index (κ3) is 4.64. The van der Waals surface area contributed by atoms with E-state index in [0.717, 1.165) is 43.7 Å². The third-order valence-electron chi connectivity index (χ3n) is 5.34. The number of hydrazine groups is 1. The minimum absolute atomic E-state index is 0.0322. The number of imide groups is 1. The molecule has 10 nitrogen and oxygen atoms in total. The standard InChI is InChI=1S/C17H24N6O4S2/c24-12(22-23-13(25)17(19-15(23)26)6-2-1-3-7-17)10-28-16-21-20-14(29-16)18-9-11-5-4-8-27-11/h11H,1-10H2,(H,18,20)(H,19,26)(H,22,24). The molecule has 1 atom stereocenters. The zero-order chi connectivity index (χ0) is 20.3. The van der Waals surface area contributed by atoms with Gasteiger partial charge in [-0.25, -0.2) is 4.79 Å². The zero-order valence-corrected chi connectivity index (χ0v) is 17.6. The van der Waals surface area contributed by atoms with Crippen LogP contribution in [0.2, 0.25) is 0 Å². The topological polar surface area (TPSA) is 126 Å². The molecule has 1 aromatic heterocycles. The van der Waals surface area contributed by atoms with Crippen LogP contribution in [0, 0.1) is 0 Å². The van der Waals surface area contributed by atoms with Crippen molar-refractivity contribution >= 4 is 46.1 Å². The molecule has 0 aromatic carbocycles. The lowest BCUT2D eigenvalue weighted by Gasteiger charge is -2.30. The molecule has 29 heavy (non-hydrogen) atoms. The van der Waals surface area contributed by atoms with Crippen molar-refractivity contribution in [1.82, 2.24) is 25.9 Å². The summed E-state index contributed by atoms with van der Waals surface area (Å²) >= 11 is 2.57. The molecule has 3 aliphatic rings. The molecule has 1 unspecified atom stereocenters. The maximum absolute atomic E-state index is 12.7. The molecule has 158 valence electrons. The summed E-state index contributed by atoms with van der Waals surface area (Å²) in [5, 5.41) is 15.6. The SMILES string of the molecule is O=C(CSc1nnc(NCC2CCCO2)s1)NN1C(=O)NC2(CCCCC2)C1=O. The Bertz CT molecular complexity index is 776. The fourth-order valence-electron chi connectivity index (χ4n) is 3.85. The van der Waals surface area contributed by atoms with Gasteiger partial charge in [0, 0.05) is 13.2 Å². The van der Waals surface area contributed by atoms with E-state index in [1.54, 1.807) is 0 Å². The summed E-state index contributed by atoms with van der Waals surface area (Å²) in [7, 11) is 0. The minimum Gasteiger partial charge on any atom is -0.376 e. The van der Waals surface area contributed by atoms with E-state index in [-0.39, 0.29) is 17.8 Å². The van der Waals surface area contributed by atoms with Gasteiger partial charge in [-0.2, -0.15) is 5.01 Å². The van der Waals surface area contributed by atoms with E-state index in [1.165, 1.54) is 23.1 Å². The van der Waals surface area contributed by atoms with Crippen LogP contribution >= 0.6 is 23.1 Å². The first-order chi connectivity index (χ1) is 14.1. The van der Waals surface area contributed by atoms with Gasteiger partial charge in [0.2, 0.25) is 11.0 Å². The van der Waals surface area contributed by atoms with E-state index in [1.807, 2.05) is 0 Å². The number of hydrogen-bond donors (Lipinski definition) is 3. The Hall–Kier alpha value is -1.92. The Morgan fingerprint density at radius 3 is 2.86 bits per heavy atom. The highest BCUT2D eigenvalue weighted by Gasteiger charge is 2.52. The van der Waals surface area contributed by atoms with E-state index in [9.17, 15) is 14.4 Å². The maximum Gasteiger partial charge on any atom is 0.344 e. The van der Waals surface area contributed by atoms with Crippen molar-refractivity contribution in [2.24, 2.45) is 0 Å². The molecule has 12 heteroatoms. The van der Waals surface area contributed by atoms with Gasteiger partial charge in [-0.05, 0) is 25.7 Å². The molecule has 1 aliphatic carbocycles. The van der Waals surface area contributed by atoms with Crippen LogP contribution in [0.5, 0.6) is 0 Å². The number of nitrogens with one attached hydrogen (secondary N) is 3. The number of hydrogen-bond acceptors (Lipinski definition) is 9. The summed E-state index contributed by atoms with van der Waals surface area (Å²) in [6.07, 6.45) is 6.40.